The van der Waals surface area contributed by atoms with Crippen molar-refractivity contribution in [3.63, 3.8) is 0 Å². The van der Waals surface area contributed by atoms with Gasteiger partial charge in [-0.05, 0) is 15.9 Å². The highest BCUT2D eigenvalue weighted by molar-refractivity contribution is 9.10. The van der Waals surface area contributed by atoms with E-state index in [1.165, 1.54) is 0 Å². The van der Waals surface area contributed by atoms with Gasteiger partial charge < -0.3 is 10.1 Å². The fourth-order valence-corrected chi connectivity index (χ4v) is 1.99. The lowest BCUT2D eigenvalue weighted by molar-refractivity contribution is 0.394. The van der Waals surface area contributed by atoms with Gasteiger partial charge in [-0.25, -0.2) is 9.97 Å². The van der Waals surface area contributed by atoms with Gasteiger partial charge in [-0.2, -0.15) is 4.98 Å². The summed E-state index contributed by atoms with van der Waals surface area (Å²) < 4.78 is 5.80. The van der Waals surface area contributed by atoms with E-state index >= 15 is 0 Å². The molecule has 16 heavy (non-hydrogen) atoms. The number of anilines is 1. The summed E-state index contributed by atoms with van der Waals surface area (Å²) in [5.74, 6) is 1.03. The van der Waals surface area contributed by atoms with E-state index in [0.29, 0.717) is 18.4 Å². The molecule has 0 unspecified atom stereocenters. The third-order valence-electron chi connectivity index (χ3n) is 1.82. The Morgan fingerprint density at radius 1 is 1.50 bits per heavy atom. The Hall–Kier alpha value is -1.21. The van der Waals surface area contributed by atoms with Gasteiger partial charge in [0.15, 0.2) is 0 Å². The van der Waals surface area contributed by atoms with Crippen molar-refractivity contribution in [3.05, 3.63) is 27.3 Å². The van der Waals surface area contributed by atoms with E-state index in [4.69, 9.17) is 4.74 Å². The molecule has 0 saturated heterocycles. The number of aromatic nitrogens is 3. The quantitative estimate of drug-likeness (QED) is 0.939. The summed E-state index contributed by atoms with van der Waals surface area (Å²) >= 11 is 4.85. The van der Waals surface area contributed by atoms with Crippen molar-refractivity contribution in [2.24, 2.45) is 0 Å². The molecule has 0 atom stereocenters. The van der Waals surface area contributed by atoms with E-state index in [1.807, 2.05) is 5.38 Å². The maximum absolute atomic E-state index is 5.07. The van der Waals surface area contributed by atoms with Crippen LogP contribution in [0, 0.1) is 0 Å². The highest BCUT2D eigenvalue weighted by atomic mass is 79.9. The van der Waals surface area contributed by atoms with Gasteiger partial charge in [-0.15, -0.1) is 11.3 Å². The topological polar surface area (TPSA) is 59.9 Å². The molecular weight excluding hydrogens is 292 g/mol. The largest absolute Gasteiger partial charge is 0.480 e. The molecule has 0 bridgehead atoms. The SMILES string of the molecule is COc1nc(NCc2cscn2)ncc1Br. The number of ether oxygens (including phenoxy) is 1. The van der Waals surface area contributed by atoms with Crippen LogP contribution in [0.3, 0.4) is 0 Å². The second-order valence-corrected chi connectivity index (χ2v) is 4.46. The molecule has 5 nitrogen and oxygen atoms in total. The Morgan fingerprint density at radius 3 is 3.06 bits per heavy atom. The summed E-state index contributed by atoms with van der Waals surface area (Å²) in [6.45, 7) is 0.605. The molecule has 2 rings (SSSR count). The molecule has 0 aliphatic carbocycles. The number of nitrogens with zero attached hydrogens (tertiary/aromatic N) is 3. The molecule has 0 aliphatic rings. The molecule has 0 radical (unpaired) electrons. The fraction of sp³-hybridized carbons (Fsp3) is 0.222. The van der Waals surface area contributed by atoms with Gasteiger partial charge >= 0.3 is 0 Å². The molecule has 0 amide bonds. The number of thiazole rings is 1. The Morgan fingerprint density at radius 2 is 2.38 bits per heavy atom. The summed E-state index contributed by atoms with van der Waals surface area (Å²) in [5.41, 5.74) is 2.76. The number of methoxy groups -OCH3 is 1. The van der Waals surface area contributed by atoms with Gasteiger partial charge in [0.05, 0.1) is 35.5 Å². The first kappa shape index (κ1) is 11.3. The molecular formula is C9H9BrN4OS. The normalized spacial score (nSPS) is 10.1. The van der Waals surface area contributed by atoms with Gasteiger partial charge in [0.2, 0.25) is 11.8 Å². The van der Waals surface area contributed by atoms with Crippen LogP contribution in [0.25, 0.3) is 0 Å². The highest BCUT2D eigenvalue weighted by Crippen LogP contribution is 2.21. The molecule has 0 aliphatic heterocycles. The first-order valence-corrected chi connectivity index (χ1v) is 6.20. The van der Waals surface area contributed by atoms with Crippen molar-refractivity contribution in [2.75, 3.05) is 12.4 Å². The van der Waals surface area contributed by atoms with E-state index in [0.717, 1.165) is 10.2 Å². The summed E-state index contributed by atoms with van der Waals surface area (Å²) in [6.07, 6.45) is 1.65. The predicted molar refractivity (Wildman–Crippen MR) is 65.7 cm³/mol. The van der Waals surface area contributed by atoms with Crippen molar-refractivity contribution in [1.82, 2.24) is 15.0 Å². The monoisotopic (exact) mass is 300 g/mol. The minimum atomic E-state index is 0.510. The van der Waals surface area contributed by atoms with Crippen LogP contribution in [-0.4, -0.2) is 22.1 Å². The standard InChI is InChI=1S/C9H9BrN4OS/c1-15-8-7(10)3-12-9(14-8)11-2-6-4-16-5-13-6/h3-5H,2H2,1H3,(H,11,12,14). The van der Waals surface area contributed by atoms with Gasteiger partial charge in [0.25, 0.3) is 0 Å². The fourth-order valence-electron chi connectivity index (χ4n) is 1.07. The Bertz CT molecular complexity index is 463. The third kappa shape index (κ3) is 2.67. The number of hydrogen-bond acceptors (Lipinski definition) is 6. The molecule has 7 heteroatoms. The molecule has 0 spiro atoms. The van der Waals surface area contributed by atoms with E-state index in [-0.39, 0.29) is 0 Å². The van der Waals surface area contributed by atoms with E-state index in [1.54, 1.807) is 30.2 Å². The second-order valence-electron chi connectivity index (χ2n) is 2.88. The van der Waals surface area contributed by atoms with E-state index < -0.39 is 0 Å². The van der Waals surface area contributed by atoms with Crippen LogP contribution in [-0.2, 0) is 6.54 Å². The predicted octanol–water partition coefficient (Wildman–Crippen LogP) is 2.32. The molecule has 0 aromatic carbocycles. The lowest BCUT2D eigenvalue weighted by Gasteiger charge is -2.05. The number of nitrogens with one attached hydrogen (secondary N) is 1. The maximum Gasteiger partial charge on any atom is 0.232 e. The summed E-state index contributed by atoms with van der Waals surface area (Å²) in [5, 5.41) is 5.05. The molecule has 84 valence electrons. The van der Waals surface area contributed by atoms with Crippen molar-refractivity contribution < 1.29 is 4.74 Å². The van der Waals surface area contributed by atoms with Gasteiger partial charge in [0.1, 0.15) is 0 Å². The van der Waals surface area contributed by atoms with E-state index in [9.17, 15) is 0 Å². The molecule has 2 heterocycles. The molecule has 0 saturated carbocycles. The zero-order valence-electron chi connectivity index (χ0n) is 8.48. The van der Waals surface area contributed by atoms with Crippen LogP contribution in [0.1, 0.15) is 5.69 Å². The highest BCUT2D eigenvalue weighted by Gasteiger charge is 2.04. The Balaban J connectivity index is 2.04. The summed E-state index contributed by atoms with van der Waals surface area (Å²) in [6, 6.07) is 0. The first-order chi connectivity index (χ1) is 7.79. The van der Waals surface area contributed by atoms with Gasteiger partial charge in [0, 0.05) is 5.38 Å². The Labute approximate surface area is 105 Å². The summed E-state index contributed by atoms with van der Waals surface area (Å²) in [7, 11) is 1.57. The van der Waals surface area contributed by atoms with Crippen LogP contribution in [0.4, 0.5) is 5.95 Å². The van der Waals surface area contributed by atoms with Crippen molar-refractivity contribution in [1.29, 1.82) is 0 Å². The molecule has 2 aromatic rings. The minimum absolute atomic E-state index is 0.510. The van der Waals surface area contributed by atoms with Crippen LogP contribution >= 0.6 is 27.3 Å². The zero-order chi connectivity index (χ0) is 11.4. The number of rotatable bonds is 4. The molecule has 2 aromatic heterocycles. The van der Waals surface area contributed by atoms with Crippen molar-refractivity contribution in [2.45, 2.75) is 6.54 Å². The second kappa shape index (κ2) is 5.22. The van der Waals surface area contributed by atoms with Crippen molar-refractivity contribution >= 4 is 33.2 Å². The van der Waals surface area contributed by atoms with Gasteiger partial charge in [-0.1, -0.05) is 0 Å². The van der Waals surface area contributed by atoms with Crippen LogP contribution in [0.15, 0.2) is 21.6 Å². The zero-order valence-corrected chi connectivity index (χ0v) is 10.9. The average molecular weight is 301 g/mol. The lowest BCUT2D eigenvalue weighted by atomic mass is 10.5. The van der Waals surface area contributed by atoms with Crippen molar-refractivity contribution in [3.8, 4) is 5.88 Å². The number of halogens is 1. The maximum atomic E-state index is 5.07. The summed E-state index contributed by atoms with van der Waals surface area (Å²) in [4.78, 5) is 12.4. The molecule has 1 N–H and O–H groups in total. The Kier molecular flexibility index (Phi) is 3.68. The van der Waals surface area contributed by atoms with Gasteiger partial charge in [-0.3, -0.25) is 0 Å². The lowest BCUT2D eigenvalue weighted by Crippen LogP contribution is -2.04. The van der Waals surface area contributed by atoms with Crippen LogP contribution in [0.5, 0.6) is 5.88 Å². The smallest absolute Gasteiger partial charge is 0.232 e. The first-order valence-electron chi connectivity index (χ1n) is 4.47. The minimum Gasteiger partial charge on any atom is -0.480 e. The number of hydrogen-bond donors (Lipinski definition) is 1. The van der Waals surface area contributed by atoms with Crippen LogP contribution in [0.2, 0.25) is 0 Å². The van der Waals surface area contributed by atoms with Crippen LogP contribution < -0.4 is 10.1 Å². The average Bonchev–Trinajstić information content (AvgIpc) is 2.81. The molecule has 0 fully saturated rings. The third-order valence-corrected chi connectivity index (χ3v) is 3.00. The van der Waals surface area contributed by atoms with E-state index in [2.05, 4.69) is 36.2 Å².